The Morgan fingerprint density at radius 1 is 1.35 bits per heavy atom. The fourth-order valence-corrected chi connectivity index (χ4v) is 2.06. The summed E-state index contributed by atoms with van der Waals surface area (Å²) in [6.45, 7) is 2.00. The van der Waals surface area contributed by atoms with Crippen LogP contribution in [0.15, 0.2) is 28.9 Å². The summed E-state index contributed by atoms with van der Waals surface area (Å²) < 4.78 is 5.32. The lowest BCUT2D eigenvalue weighted by atomic mass is 10.00. The van der Waals surface area contributed by atoms with E-state index in [1.807, 2.05) is 18.2 Å². The fourth-order valence-electron chi connectivity index (χ4n) is 2.06. The van der Waals surface area contributed by atoms with Gasteiger partial charge in [-0.1, -0.05) is 11.2 Å². The lowest BCUT2D eigenvalue weighted by Crippen LogP contribution is -2.28. The zero-order valence-electron chi connectivity index (χ0n) is 9.47. The molecule has 1 N–H and O–H groups in total. The van der Waals surface area contributed by atoms with Crippen LogP contribution in [0.2, 0.25) is 0 Å². The Morgan fingerprint density at radius 3 is 3.12 bits per heavy atom. The molecule has 1 aliphatic rings. The van der Waals surface area contributed by atoms with Gasteiger partial charge < -0.3 is 9.84 Å². The van der Waals surface area contributed by atoms with Gasteiger partial charge >= 0.3 is 0 Å². The zero-order chi connectivity index (χ0) is 11.5. The highest BCUT2D eigenvalue weighted by atomic mass is 16.5. The van der Waals surface area contributed by atoms with Gasteiger partial charge in [-0.2, -0.15) is 4.98 Å². The molecule has 0 amide bonds. The molecule has 17 heavy (non-hydrogen) atoms. The van der Waals surface area contributed by atoms with Crippen LogP contribution >= 0.6 is 0 Å². The highest BCUT2D eigenvalue weighted by Gasteiger charge is 2.21. The summed E-state index contributed by atoms with van der Waals surface area (Å²) in [5, 5.41) is 7.32. The Morgan fingerprint density at radius 2 is 2.35 bits per heavy atom. The van der Waals surface area contributed by atoms with E-state index in [-0.39, 0.29) is 0 Å². The van der Waals surface area contributed by atoms with Crippen molar-refractivity contribution >= 4 is 0 Å². The molecule has 0 saturated carbocycles. The van der Waals surface area contributed by atoms with E-state index in [4.69, 9.17) is 4.52 Å². The third-order valence-electron chi connectivity index (χ3n) is 2.98. The van der Waals surface area contributed by atoms with Crippen molar-refractivity contribution in [3.8, 4) is 11.5 Å². The minimum Gasteiger partial charge on any atom is -0.339 e. The Hall–Kier alpha value is -1.75. The normalized spacial score (nSPS) is 20.4. The first-order valence-corrected chi connectivity index (χ1v) is 5.89. The van der Waals surface area contributed by atoms with Crippen molar-refractivity contribution in [1.82, 2.24) is 20.4 Å². The molecule has 1 fully saturated rings. The Labute approximate surface area is 99.3 Å². The number of pyridine rings is 1. The van der Waals surface area contributed by atoms with E-state index in [1.54, 1.807) is 6.20 Å². The lowest BCUT2D eigenvalue weighted by molar-refractivity contribution is 0.322. The van der Waals surface area contributed by atoms with Crippen molar-refractivity contribution in [1.29, 1.82) is 0 Å². The number of nitrogens with one attached hydrogen (secondary N) is 1. The van der Waals surface area contributed by atoms with Gasteiger partial charge in [0, 0.05) is 12.7 Å². The van der Waals surface area contributed by atoms with Crippen LogP contribution < -0.4 is 5.32 Å². The maximum atomic E-state index is 5.32. The van der Waals surface area contributed by atoms with Crippen LogP contribution in [0.3, 0.4) is 0 Å². The standard InChI is InChI=1S/C12H14N4O/c1-2-7-14-10(5-1)11-15-12(17-16-11)9-4-3-6-13-8-9/h1-2,5,7,9,13H,3-4,6,8H2. The zero-order valence-corrected chi connectivity index (χ0v) is 9.47. The number of aromatic nitrogens is 3. The molecule has 1 aliphatic heterocycles. The first-order valence-electron chi connectivity index (χ1n) is 5.89. The van der Waals surface area contributed by atoms with Gasteiger partial charge in [-0.3, -0.25) is 4.98 Å². The van der Waals surface area contributed by atoms with Crippen LogP contribution in [0.1, 0.15) is 24.7 Å². The number of piperidine rings is 1. The SMILES string of the molecule is c1ccc(-c2noc(C3CCCNC3)n2)nc1. The van der Waals surface area contributed by atoms with Gasteiger partial charge in [-0.15, -0.1) is 0 Å². The molecule has 2 aromatic heterocycles. The Kier molecular flexibility index (Phi) is 2.83. The van der Waals surface area contributed by atoms with E-state index < -0.39 is 0 Å². The van der Waals surface area contributed by atoms with Crippen molar-refractivity contribution in [2.45, 2.75) is 18.8 Å². The minimum absolute atomic E-state index is 0.341. The molecule has 5 nitrogen and oxygen atoms in total. The molecule has 1 unspecified atom stereocenters. The van der Waals surface area contributed by atoms with E-state index in [2.05, 4.69) is 20.4 Å². The third-order valence-corrected chi connectivity index (χ3v) is 2.98. The van der Waals surface area contributed by atoms with Crippen molar-refractivity contribution < 1.29 is 4.52 Å². The van der Waals surface area contributed by atoms with Crippen molar-refractivity contribution in [3.05, 3.63) is 30.3 Å². The van der Waals surface area contributed by atoms with Gasteiger partial charge in [0.05, 0.1) is 5.92 Å². The van der Waals surface area contributed by atoms with Crippen molar-refractivity contribution in [2.75, 3.05) is 13.1 Å². The van der Waals surface area contributed by atoms with Crippen molar-refractivity contribution in [2.24, 2.45) is 0 Å². The molecule has 88 valence electrons. The van der Waals surface area contributed by atoms with Gasteiger partial charge in [-0.05, 0) is 31.5 Å². The molecule has 2 aromatic rings. The minimum atomic E-state index is 0.341. The molecular formula is C12H14N4O. The maximum absolute atomic E-state index is 5.32. The van der Waals surface area contributed by atoms with Gasteiger partial charge in [0.1, 0.15) is 5.69 Å². The molecular weight excluding hydrogens is 216 g/mol. The Bertz CT molecular complexity index is 476. The molecule has 5 heteroatoms. The maximum Gasteiger partial charge on any atom is 0.231 e. The van der Waals surface area contributed by atoms with Crippen LogP contribution in [0, 0.1) is 0 Å². The summed E-state index contributed by atoms with van der Waals surface area (Å²) in [6, 6.07) is 5.67. The smallest absolute Gasteiger partial charge is 0.231 e. The van der Waals surface area contributed by atoms with Gasteiger partial charge in [-0.25, -0.2) is 0 Å². The molecule has 1 saturated heterocycles. The van der Waals surface area contributed by atoms with Crippen LogP contribution in [0.4, 0.5) is 0 Å². The highest BCUT2D eigenvalue weighted by Crippen LogP contribution is 2.23. The monoisotopic (exact) mass is 230 g/mol. The second-order valence-corrected chi connectivity index (χ2v) is 4.21. The van der Waals surface area contributed by atoms with E-state index in [9.17, 15) is 0 Å². The van der Waals surface area contributed by atoms with Gasteiger partial charge in [0.2, 0.25) is 11.7 Å². The quantitative estimate of drug-likeness (QED) is 0.849. The van der Waals surface area contributed by atoms with Gasteiger partial charge in [0.25, 0.3) is 0 Å². The summed E-state index contributed by atoms with van der Waals surface area (Å²) in [7, 11) is 0. The van der Waals surface area contributed by atoms with E-state index >= 15 is 0 Å². The highest BCUT2D eigenvalue weighted by molar-refractivity contribution is 5.47. The Balaban J connectivity index is 1.83. The summed E-state index contributed by atoms with van der Waals surface area (Å²) in [6.07, 6.45) is 4.00. The fraction of sp³-hybridized carbons (Fsp3) is 0.417. The van der Waals surface area contributed by atoms with E-state index in [0.29, 0.717) is 11.7 Å². The topological polar surface area (TPSA) is 63.8 Å². The molecule has 3 heterocycles. The van der Waals surface area contributed by atoms with Crippen LogP contribution in [0.5, 0.6) is 0 Å². The van der Waals surface area contributed by atoms with E-state index in [0.717, 1.165) is 37.5 Å². The third kappa shape index (κ3) is 2.19. The van der Waals surface area contributed by atoms with Gasteiger partial charge in [0.15, 0.2) is 0 Å². The summed E-state index contributed by atoms with van der Waals surface area (Å²) >= 11 is 0. The number of nitrogens with zero attached hydrogens (tertiary/aromatic N) is 3. The van der Waals surface area contributed by atoms with Crippen LogP contribution in [-0.4, -0.2) is 28.2 Å². The van der Waals surface area contributed by atoms with Crippen LogP contribution in [-0.2, 0) is 0 Å². The number of hydrogen-bond donors (Lipinski definition) is 1. The average molecular weight is 230 g/mol. The average Bonchev–Trinajstić information content (AvgIpc) is 2.90. The molecule has 0 spiro atoms. The summed E-state index contributed by atoms with van der Waals surface area (Å²) in [4.78, 5) is 8.63. The first-order chi connectivity index (χ1) is 8.43. The molecule has 0 bridgehead atoms. The second kappa shape index (κ2) is 4.63. The predicted molar refractivity (Wildman–Crippen MR) is 62.4 cm³/mol. The summed E-state index contributed by atoms with van der Waals surface area (Å²) in [5.74, 6) is 1.64. The largest absolute Gasteiger partial charge is 0.339 e. The molecule has 0 radical (unpaired) electrons. The van der Waals surface area contributed by atoms with E-state index in [1.165, 1.54) is 0 Å². The lowest BCUT2D eigenvalue weighted by Gasteiger charge is -2.18. The van der Waals surface area contributed by atoms with Crippen molar-refractivity contribution in [3.63, 3.8) is 0 Å². The molecule has 1 atom stereocenters. The molecule has 3 rings (SSSR count). The number of hydrogen-bond acceptors (Lipinski definition) is 5. The second-order valence-electron chi connectivity index (χ2n) is 4.21. The summed E-state index contributed by atoms with van der Waals surface area (Å²) in [5.41, 5.74) is 0.756. The molecule has 0 aromatic carbocycles. The predicted octanol–water partition coefficient (Wildman–Crippen LogP) is 1.60. The van der Waals surface area contributed by atoms with Crippen LogP contribution in [0.25, 0.3) is 11.5 Å². The number of rotatable bonds is 2. The molecule has 0 aliphatic carbocycles. The first kappa shape index (κ1) is 10.4.